The Balaban J connectivity index is 2.68. The number of hydrogen-bond donors (Lipinski definition) is 1. The molecule has 0 amide bonds. The molecular weight excluding hydrogens is 431 g/mol. The normalized spacial score (nSPS) is 12.1. The summed E-state index contributed by atoms with van der Waals surface area (Å²) < 4.78 is 4.76. The Morgan fingerprint density at radius 2 is 2.43 bits per heavy atom. The quantitative estimate of drug-likeness (QED) is 0.248. The topological polar surface area (TPSA) is 12.0 Å². The maximum absolute atomic E-state index is 3.42. The molecule has 7 heavy (non-hydrogen) atoms. The fraction of sp³-hybridized carbons (Fsp3) is 1.00. The van der Waals surface area contributed by atoms with E-state index in [-0.39, 0.29) is 0 Å². The van der Waals surface area contributed by atoms with Crippen molar-refractivity contribution in [3.63, 3.8) is 0 Å². The van der Waals surface area contributed by atoms with Crippen molar-refractivity contribution in [3.8, 4) is 0 Å². The van der Waals surface area contributed by atoms with Gasteiger partial charge in [-0.25, -0.2) is 0 Å². The van der Waals surface area contributed by atoms with Gasteiger partial charge in [0.25, 0.3) is 0 Å². The van der Waals surface area contributed by atoms with E-state index in [4.69, 9.17) is 0 Å². The summed E-state index contributed by atoms with van der Waals surface area (Å²) in [5, 5.41) is 0. The average Bonchev–Trinajstić information content (AvgIpc) is 1.61. The van der Waals surface area contributed by atoms with E-state index >= 15 is 0 Å². The first-order valence-electron chi connectivity index (χ1n) is 1.71. The minimum absolute atomic E-state index is 0.358. The SMILES string of the molecule is C[I-]NCI(C)I. The number of hydrogen-bond acceptors (Lipinski definition) is 1. The first-order chi connectivity index (χ1) is 3.27. The Labute approximate surface area is 72.6 Å². The van der Waals surface area contributed by atoms with Crippen molar-refractivity contribution in [3.05, 3.63) is 0 Å². The number of halogens is 3. The molecule has 0 rings (SSSR count). The Bertz CT molecular complexity index is 39.2. The zero-order valence-corrected chi connectivity index (χ0v) is 10.8. The molecule has 0 aliphatic heterocycles. The molecule has 0 spiro atoms. The van der Waals surface area contributed by atoms with Crippen LogP contribution in [0.1, 0.15) is 0 Å². The van der Waals surface area contributed by atoms with Crippen LogP contribution in [0, 0.1) is 0 Å². The van der Waals surface area contributed by atoms with Crippen molar-refractivity contribution in [2.75, 3.05) is 14.4 Å². The van der Waals surface area contributed by atoms with Crippen molar-refractivity contribution in [1.29, 1.82) is 0 Å². The van der Waals surface area contributed by atoms with Gasteiger partial charge in [-0.15, -0.1) is 0 Å². The number of alkyl halides is 3. The van der Waals surface area contributed by atoms with Crippen LogP contribution in [-0.4, -0.2) is 14.4 Å². The Kier molecular flexibility index (Phi) is 8.20. The molecule has 0 aromatic heterocycles. The van der Waals surface area contributed by atoms with Gasteiger partial charge in [0.05, 0.1) is 0 Å². The van der Waals surface area contributed by atoms with Crippen molar-refractivity contribution in [2.24, 2.45) is 0 Å². The van der Waals surface area contributed by atoms with E-state index in [1.54, 1.807) is 0 Å². The van der Waals surface area contributed by atoms with Gasteiger partial charge in [0.15, 0.2) is 0 Å². The van der Waals surface area contributed by atoms with Crippen molar-refractivity contribution < 1.29 is 21.5 Å². The van der Waals surface area contributed by atoms with Gasteiger partial charge in [0, 0.05) is 0 Å². The van der Waals surface area contributed by atoms with E-state index in [9.17, 15) is 0 Å². The standard InChI is InChI=1S/C3H9I3N/c1-5-7-3-6(2)4/h7H,3H2,1-2H3/q-1. The van der Waals surface area contributed by atoms with Crippen LogP contribution in [0.25, 0.3) is 0 Å². The summed E-state index contributed by atoms with van der Waals surface area (Å²) in [4.78, 5) is 4.63. The number of nitrogens with one attached hydrogen (secondary N) is 1. The molecule has 1 nitrogen and oxygen atoms in total. The van der Waals surface area contributed by atoms with E-state index < -0.39 is 15.8 Å². The second kappa shape index (κ2) is 6.27. The maximum atomic E-state index is 3.42. The van der Waals surface area contributed by atoms with Crippen LogP contribution in [0.2, 0.25) is 0 Å². The van der Waals surface area contributed by atoms with Crippen LogP contribution in [0.15, 0.2) is 0 Å². The molecule has 0 heterocycles. The fourth-order valence-electron chi connectivity index (χ4n) is 0.120. The van der Waals surface area contributed by atoms with Crippen LogP contribution in [-0.2, 0) is 0 Å². The molecule has 0 saturated carbocycles. The molecule has 0 aromatic carbocycles. The van der Waals surface area contributed by atoms with E-state index in [1.165, 1.54) is 4.55 Å². The van der Waals surface area contributed by atoms with Gasteiger partial charge in [-0.1, -0.05) is 0 Å². The van der Waals surface area contributed by atoms with E-state index in [0.29, 0.717) is 21.5 Å². The van der Waals surface area contributed by atoms with E-state index in [2.05, 4.69) is 32.0 Å². The molecular formula is C3H9I3N-. The molecule has 0 fully saturated rings. The molecule has 48 valence electrons. The molecule has 0 aliphatic rings. The Hall–Kier alpha value is 2.15. The Morgan fingerprint density at radius 1 is 1.86 bits per heavy atom. The molecule has 0 aromatic rings. The van der Waals surface area contributed by atoms with Gasteiger partial charge in [-0.3, -0.25) is 0 Å². The van der Waals surface area contributed by atoms with Crippen LogP contribution < -0.4 is 25.0 Å². The van der Waals surface area contributed by atoms with Crippen LogP contribution in [0.3, 0.4) is 0 Å². The first-order valence-corrected chi connectivity index (χ1v) is 14.9. The van der Waals surface area contributed by atoms with Gasteiger partial charge in [0.1, 0.15) is 0 Å². The first kappa shape index (κ1) is 9.15. The van der Waals surface area contributed by atoms with Gasteiger partial charge in [0.2, 0.25) is 0 Å². The van der Waals surface area contributed by atoms with E-state index in [0.717, 1.165) is 0 Å². The summed E-state index contributed by atoms with van der Waals surface area (Å²) in [6.45, 7) is 0. The van der Waals surface area contributed by atoms with Crippen LogP contribution in [0.4, 0.5) is 0 Å². The summed E-state index contributed by atoms with van der Waals surface area (Å²) in [5.41, 5.74) is 0. The summed E-state index contributed by atoms with van der Waals surface area (Å²) in [7, 11) is 0. The Morgan fingerprint density at radius 3 is 2.57 bits per heavy atom. The second-order valence-electron chi connectivity index (χ2n) is 0.967. The van der Waals surface area contributed by atoms with Crippen LogP contribution in [0.5, 0.6) is 0 Å². The molecule has 0 saturated heterocycles. The van der Waals surface area contributed by atoms with Gasteiger partial charge in [-0.05, 0) is 0 Å². The molecule has 0 bridgehead atoms. The summed E-state index contributed by atoms with van der Waals surface area (Å²) in [5.74, 6) is 0. The second-order valence-corrected chi connectivity index (χ2v) is 15.8. The molecule has 1 N–H and O–H groups in total. The molecule has 0 aliphatic carbocycles. The summed E-state index contributed by atoms with van der Waals surface area (Å²) in [6, 6.07) is 0. The zero-order valence-electron chi connectivity index (χ0n) is 4.34. The average molecular weight is 440 g/mol. The van der Waals surface area contributed by atoms with Gasteiger partial charge < -0.3 is 0 Å². The van der Waals surface area contributed by atoms with Gasteiger partial charge in [-0.2, -0.15) is 0 Å². The third-order valence-corrected chi connectivity index (χ3v) is 6.34. The molecule has 0 radical (unpaired) electrons. The molecule has 4 heteroatoms. The van der Waals surface area contributed by atoms with Crippen molar-refractivity contribution in [2.45, 2.75) is 0 Å². The molecule has 0 atom stereocenters. The summed E-state index contributed by atoms with van der Waals surface area (Å²) in [6.07, 6.45) is 0. The van der Waals surface area contributed by atoms with Gasteiger partial charge >= 0.3 is 73.9 Å². The minimum atomic E-state index is -0.441. The molecule has 0 unspecified atom stereocenters. The zero-order chi connectivity index (χ0) is 5.70. The third-order valence-electron chi connectivity index (χ3n) is 0.368. The van der Waals surface area contributed by atoms with E-state index in [1.807, 2.05) is 0 Å². The van der Waals surface area contributed by atoms with Crippen molar-refractivity contribution >= 4 is 34.5 Å². The predicted octanol–water partition coefficient (Wildman–Crippen LogP) is -1.35. The summed E-state index contributed by atoms with van der Waals surface area (Å²) >= 11 is 2.49. The van der Waals surface area contributed by atoms with Crippen LogP contribution >= 0.6 is 34.5 Å². The third kappa shape index (κ3) is 8.15. The number of rotatable bonds is 3. The predicted molar refractivity (Wildman–Crippen MR) is 47.9 cm³/mol. The fourth-order valence-corrected chi connectivity index (χ4v) is 10.3. The van der Waals surface area contributed by atoms with Crippen molar-refractivity contribution in [1.82, 2.24) is 3.53 Å². The monoisotopic (exact) mass is 440 g/mol.